The zero-order chi connectivity index (χ0) is 8.67. The molecule has 0 spiro atoms. The molecule has 0 amide bonds. The van der Waals surface area contributed by atoms with Crippen molar-refractivity contribution in [2.24, 2.45) is 5.92 Å². The highest BCUT2D eigenvalue weighted by molar-refractivity contribution is 4.95. The van der Waals surface area contributed by atoms with E-state index in [4.69, 9.17) is 0 Å². The lowest BCUT2D eigenvalue weighted by Gasteiger charge is -2.34. The van der Waals surface area contributed by atoms with Crippen LogP contribution in [0.5, 0.6) is 0 Å². The van der Waals surface area contributed by atoms with Crippen molar-refractivity contribution < 1.29 is 0 Å². The van der Waals surface area contributed by atoms with Crippen molar-refractivity contribution in [1.82, 2.24) is 10.2 Å². The molecule has 3 aliphatic rings. The predicted molar refractivity (Wildman–Crippen MR) is 53.7 cm³/mol. The predicted octanol–water partition coefficient (Wildman–Crippen LogP) is 1.22. The van der Waals surface area contributed by atoms with Crippen molar-refractivity contribution >= 4 is 0 Å². The normalized spacial score (nSPS) is 41.5. The highest BCUT2D eigenvalue weighted by Gasteiger charge is 2.38. The molecular weight excluding hydrogens is 160 g/mol. The highest BCUT2D eigenvalue weighted by atomic mass is 15.2. The van der Waals surface area contributed by atoms with Crippen LogP contribution in [0.3, 0.4) is 0 Å². The second-order valence-electron chi connectivity index (χ2n) is 5.00. The molecular formula is C11H20N2. The van der Waals surface area contributed by atoms with Gasteiger partial charge in [-0.25, -0.2) is 0 Å². The van der Waals surface area contributed by atoms with Crippen molar-refractivity contribution in [1.29, 1.82) is 0 Å². The summed E-state index contributed by atoms with van der Waals surface area (Å²) in [5.74, 6) is 0.981. The van der Waals surface area contributed by atoms with Crippen molar-refractivity contribution in [2.75, 3.05) is 19.6 Å². The first-order valence-corrected chi connectivity index (χ1v) is 5.91. The van der Waals surface area contributed by atoms with E-state index in [1.165, 1.54) is 51.7 Å². The van der Waals surface area contributed by atoms with E-state index in [1.807, 2.05) is 0 Å². The molecule has 3 rings (SSSR count). The van der Waals surface area contributed by atoms with Crippen LogP contribution in [0.4, 0.5) is 0 Å². The Morgan fingerprint density at radius 2 is 1.92 bits per heavy atom. The molecule has 2 aliphatic heterocycles. The third kappa shape index (κ3) is 1.40. The lowest BCUT2D eigenvalue weighted by atomic mass is 9.91. The lowest BCUT2D eigenvalue weighted by Crippen LogP contribution is -2.42. The van der Waals surface area contributed by atoms with Crippen LogP contribution < -0.4 is 5.32 Å². The molecule has 0 bridgehead atoms. The Morgan fingerprint density at radius 1 is 1.00 bits per heavy atom. The molecule has 2 atom stereocenters. The van der Waals surface area contributed by atoms with Gasteiger partial charge in [0.05, 0.1) is 0 Å². The molecule has 0 aromatic carbocycles. The minimum absolute atomic E-state index is 0.842. The third-order valence-corrected chi connectivity index (χ3v) is 4.22. The average molecular weight is 180 g/mol. The molecule has 2 heterocycles. The molecule has 1 saturated carbocycles. The third-order valence-electron chi connectivity index (χ3n) is 4.22. The number of hydrogen-bond donors (Lipinski definition) is 1. The Morgan fingerprint density at radius 3 is 2.62 bits per heavy atom. The van der Waals surface area contributed by atoms with Crippen LogP contribution in [0.25, 0.3) is 0 Å². The van der Waals surface area contributed by atoms with Gasteiger partial charge in [-0.05, 0) is 38.1 Å². The van der Waals surface area contributed by atoms with E-state index in [9.17, 15) is 0 Å². The number of nitrogens with zero attached hydrogens (tertiary/aromatic N) is 1. The van der Waals surface area contributed by atoms with Crippen LogP contribution in [0.15, 0.2) is 0 Å². The smallest absolute Gasteiger partial charge is 0.0235 e. The molecule has 0 aromatic heterocycles. The van der Waals surface area contributed by atoms with Gasteiger partial charge in [0.25, 0.3) is 0 Å². The first-order chi connectivity index (χ1) is 6.43. The summed E-state index contributed by atoms with van der Waals surface area (Å²) in [5, 5.41) is 3.67. The van der Waals surface area contributed by atoms with Crippen LogP contribution in [0.1, 0.15) is 32.1 Å². The van der Waals surface area contributed by atoms with Crippen LogP contribution in [0, 0.1) is 5.92 Å². The van der Waals surface area contributed by atoms with Crippen LogP contribution in [-0.4, -0.2) is 36.6 Å². The van der Waals surface area contributed by atoms with E-state index in [0.29, 0.717) is 0 Å². The van der Waals surface area contributed by atoms with Crippen LogP contribution in [0.2, 0.25) is 0 Å². The number of piperidine rings is 1. The zero-order valence-electron chi connectivity index (χ0n) is 8.34. The van der Waals surface area contributed by atoms with Crippen molar-refractivity contribution in [2.45, 2.75) is 44.2 Å². The highest BCUT2D eigenvalue weighted by Crippen LogP contribution is 2.32. The zero-order valence-corrected chi connectivity index (χ0v) is 8.34. The standard InChI is InChI=1S/C11H20N2/c1-4-10(5-1)13-7-9-3-2-6-12-11(9)8-13/h9-12H,1-8H2/t9-,11+/m0/s1. The number of rotatable bonds is 1. The second-order valence-corrected chi connectivity index (χ2v) is 5.00. The minimum atomic E-state index is 0.842. The first-order valence-electron chi connectivity index (χ1n) is 5.91. The van der Waals surface area contributed by atoms with Gasteiger partial charge in [-0.15, -0.1) is 0 Å². The Labute approximate surface area is 80.7 Å². The Kier molecular flexibility index (Phi) is 2.06. The van der Waals surface area contributed by atoms with Gasteiger partial charge >= 0.3 is 0 Å². The van der Waals surface area contributed by atoms with Gasteiger partial charge < -0.3 is 5.32 Å². The van der Waals surface area contributed by atoms with E-state index >= 15 is 0 Å². The van der Waals surface area contributed by atoms with Crippen molar-refractivity contribution in [3.05, 3.63) is 0 Å². The summed E-state index contributed by atoms with van der Waals surface area (Å²) in [6, 6.07) is 1.81. The summed E-state index contributed by atoms with van der Waals surface area (Å²) in [6.45, 7) is 4.00. The number of likely N-dealkylation sites (tertiary alicyclic amines) is 1. The molecule has 2 heteroatoms. The molecule has 0 aromatic rings. The summed E-state index contributed by atoms with van der Waals surface area (Å²) in [7, 11) is 0. The van der Waals surface area contributed by atoms with E-state index in [-0.39, 0.29) is 0 Å². The van der Waals surface area contributed by atoms with Gasteiger partial charge in [0.15, 0.2) is 0 Å². The van der Waals surface area contributed by atoms with Crippen molar-refractivity contribution in [3.63, 3.8) is 0 Å². The summed E-state index contributed by atoms with van der Waals surface area (Å²) in [4.78, 5) is 2.75. The van der Waals surface area contributed by atoms with Crippen molar-refractivity contribution in [3.8, 4) is 0 Å². The lowest BCUT2D eigenvalue weighted by molar-refractivity contribution is 0.152. The Hall–Kier alpha value is -0.0800. The first kappa shape index (κ1) is 8.25. The van der Waals surface area contributed by atoms with Gasteiger partial charge in [0.2, 0.25) is 0 Å². The molecule has 2 nitrogen and oxygen atoms in total. The Bertz CT molecular complexity index is 175. The Balaban J connectivity index is 1.62. The topological polar surface area (TPSA) is 15.3 Å². The summed E-state index contributed by atoms with van der Waals surface area (Å²) < 4.78 is 0. The van der Waals surface area contributed by atoms with E-state index in [2.05, 4.69) is 10.2 Å². The molecule has 13 heavy (non-hydrogen) atoms. The fourth-order valence-corrected chi connectivity index (χ4v) is 3.13. The number of nitrogens with one attached hydrogen (secondary N) is 1. The molecule has 2 saturated heterocycles. The maximum absolute atomic E-state index is 3.67. The molecule has 1 N–H and O–H groups in total. The SMILES string of the molecule is C1CC(N2C[C@@H]3CCCN[C@@H]3C2)C1. The molecule has 3 fully saturated rings. The molecule has 0 unspecified atom stereocenters. The molecule has 74 valence electrons. The second kappa shape index (κ2) is 3.25. The van der Waals surface area contributed by atoms with Crippen LogP contribution in [-0.2, 0) is 0 Å². The fourth-order valence-electron chi connectivity index (χ4n) is 3.13. The monoisotopic (exact) mass is 180 g/mol. The van der Waals surface area contributed by atoms with Gasteiger partial charge in [-0.3, -0.25) is 4.90 Å². The van der Waals surface area contributed by atoms with Gasteiger partial charge in [0.1, 0.15) is 0 Å². The summed E-state index contributed by atoms with van der Waals surface area (Å²) in [6.07, 6.45) is 7.30. The fraction of sp³-hybridized carbons (Fsp3) is 1.00. The number of fused-ring (bicyclic) bond motifs is 1. The summed E-state index contributed by atoms with van der Waals surface area (Å²) in [5.41, 5.74) is 0. The van der Waals surface area contributed by atoms with E-state index < -0.39 is 0 Å². The van der Waals surface area contributed by atoms with E-state index in [1.54, 1.807) is 0 Å². The van der Waals surface area contributed by atoms with E-state index in [0.717, 1.165) is 18.0 Å². The summed E-state index contributed by atoms with van der Waals surface area (Å²) >= 11 is 0. The number of hydrogen-bond acceptors (Lipinski definition) is 2. The van der Waals surface area contributed by atoms with Gasteiger partial charge in [0, 0.05) is 25.2 Å². The van der Waals surface area contributed by atoms with Crippen LogP contribution >= 0.6 is 0 Å². The van der Waals surface area contributed by atoms with Gasteiger partial charge in [-0.1, -0.05) is 6.42 Å². The van der Waals surface area contributed by atoms with Gasteiger partial charge in [-0.2, -0.15) is 0 Å². The molecule has 0 radical (unpaired) electrons. The minimum Gasteiger partial charge on any atom is -0.312 e. The largest absolute Gasteiger partial charge is 0.312 e. The molecule has 1 aliphatic carbocycles. The average Bonchev–Trinajstić information content (AvgIpc) is 2.43. The maximum Gasteiger partial charge on any atom is 0.0235 e. The maximum atomic E-state index is 3.67. The quantitative estimate of drug-likeness (QED) is 0.653.